The van der Waals surface area contributed by atoms with E-state index in [1.165, 1.54) is 4.68 Å². The lowest BCUT2D eigenvalue weighted by molar-refractivity contribution is -0.00858. The normalized spacial score (nSPS) is 16.6. The summed E-state index contributed by atoms with van der Waals surface area (Å²) in [5.74, 6) is 0. The molecule has 0 spiro atoms. The van der Waals surface area contributed by atoms with Crippen LogP contribution in [0.5, 0.6) is 0 Å². The number of hydrogen-bond acceptors (Lipinski definition) is 5. The number of aromatic nitrogens is 2. The second kappa shape index (κ2) is 7.99. The highest BCUT2D eigenvalue weighted by Crippen LogP contribution is 2.30. The number of aliphatic hydroxyl groups excluding tert-OH is 1. The summed E-state index contributed by atoms with van der Waals surface area (Å²) in [6.45, 7) is 2.23. The second-order valence-corrected chi connectivity index (χ2v) is 6.82. The Hall–Kier alpha value is -1.89. The molecular weight excluding hydrogens is 342 g/mol. The first kappa shape index (κ1) is 17.9. The lowest BCUT2D eigenvalue weighted by Crippen LogP contribution is -2.39. The van der Waals surface area contributed by atoms with Gasteiger partial charge in [0.15, 0.2) is 0 Å². The number of ether oxygens (including phenoxy) is 1. The van der Waals surface area contributed by atoms with E-state index in [4.69, 9.17) is 16.3 Å². The summed E-state index contributed by atoms with van der Waals surface area (Å²) < 4.78 is 6.71. The van der Waals surface area contributed by atoms with E-state index < -0.39 is 0 Å². The molecule has 0 radical (unpaired) electrons. The SMILES string of the molecule is O=c1c(Cl)c(NCC2(CO)CCOCC2)cnn1Cc1ccccc1. The van der Waals surface area contributed by atoms with Crippen LogP contribution in [0.1, 0.15) is 18.4 Å². The molecule has 0 amide bonds. The fourth-order valence-corrected chi connectivity index (χ4v) is 3.15. The van der Waals surface area contributed by atoms with Gasteiger partial charge in [-0.05, 0) is 18.4 Å². The lowest BCUT2D eigenvalue weighted by Gasteiger charge is -2.35. The summed E-state index contributed by atoms with van der Waals surface area (Å²) in [7, 11) is 0. The van der Waals surface area contributed by atoms with Crippen molar-refractivity contribution in [3.8, 4) is 0 Å². The first-order valence-electron chi connectivity index (χ1n) is 8.36. The molecular formula is C18H22ClN3O3. The summed E-state index contributed by atoms with van der Waals surface area (Å²) in [4.78, 5) is 12.5. The number of nitrogens with zero attached hydrogens (tertiary/aromatic N) is 2. The Kier molecular flexibility index (Phi) is 5.73. The van der Waals surface area contributed by atoms with Crippen LogP contribution < -0.4 is 10.9 Å². The lowest BCUT2D eigenvalue weighted by atomic mass is 9.81. The molecule has 1 saturated heterocycles. The van der Waals surface area contributed by atoms with Crippen molar-refractivity contribution in [2.75, 3.05) is 31.7 Å². The van der Waals surface area contributed by atoms with Gasteiger partial charge in [-0.3, -0.25) is 4.79 Å². The van der Waals surface area contributed by atoms with Gasteiger partial charge in [0.25, 0.3) is 5.56 Å². The van der Waals surface area contributed by atoms with Crippen LogP contribution in [0.2, 0.25) is 5.02 Å². The molecule has 0 aliphatic carbocycles. The van der Waals surface area contributed by atoms with Crippen molar-refractivity contribution in [1.82, 2.24) is 9.78 Å². The van der Waals surface area contributed by atoms with Gasteiger partial charge >= 0.3 is 0 Å². The Balaban J connectivity index is 1.73. The monoisotopic (exact) mass is 363 g/mol. The van der Waals surface area contributed by atoms with E-state index in [9.17, 15) is 9.90 Å². The molecule has 1 aliphatic heterocycles. The quantitative estimate of drug-likeness (QED) is 0.822. The fourth-order valence-electron chi connectivity index (χ4n) is 2.94. The third kappa shape index (κ3) is 4.21. The number of halogens is 1. The largest absolute Gasteiger partial charge is 0.396 e. The topological polar surface area (TPSA) is 76.4 Å². The molecule has 3 rings (SSSR count). The van der Waals surface area contributed by atoms with Gasteiger partial charge in [-0.25, -0.2) is 4.68 Å². The molecule has 1 aliphatic rings. The maximum absolute atomic E-state index is 12.5. The highest BCUT2D eigenvalue weighted by Gasteiger charge is 2.32. The molecule has 0 atom stereocenters. The molecule has 2 aromatic rings. The Morgan fingerprint density at radius 2 is 2.00 bits per heavy atom. The molecule has 0 saturated carbocycles. The highest BCUT2D eigenvalue weighted by atomic mass is 35.5. The van der Waals surface area contributed by atoms with Crippen LogP contribution in [0.15, 0.2) is 41.3 Å². The smallest absolute Gasteiger partial charge is 0.287 e. The van der Waals surface area contributed by atoms with Crippen LogP contribution in [0.25, 0.3) is 0 Å². The molecule has 25 heavy (non-hydrogen) atoms. The summed E-state index contributed by atoms with van der Waals surface area (Å²) in [5, 5.41) is 17.3. The van der Waals surface area contributed by atoms with Crippen LogP contribution in [0.4, 0.5) is 5.69 Å². The van der Waals surface area contributed by atoms with E-state index in [1.807, 2.05) is 30.3 Å². The predicted molar refractivity (Wildman–Crippen MR) is 97.1 cm³/mol. The van der Waals surface area contributed by atoms with Gasteiger partial charge in [0.1, 0.15) is 5.02 Å². The van der Waals surface area contributed by atoms with Crippen molar-refractivity contribution in [3.05, 3.63) is 57.5 Å². The average molecular weight is 364 g/mol. The summed E-state index contributed by atoms with van der Waals surface area (Å²) >= 11 is 6.25. The van der Waals surface area contributed by atoms with Crippen molar-refractivity contribution in [3.63, 3.8) is 0 Å². The maximum Gasteiger partial charge on any atom is 0.287 e. The van der Waals surface area contributed by atoms with E-state index in [1.54, 1.807) is 6.20 Å². The third-order valence-electron chi connectivity index (χ3n) is 4.70. The standard InChI is InChI=1S/C18H22ClN3O3/c19-16-15(20-12-18(13-23)6-8-25-9-7-18)10-21-22(17(16)24)11-14-4-2-1-3-5-14/h1-5,10,20,23H,6-9,11-13H2. The van der Waals surface area contributed by atoms with Gasteiger partial charge in [0.2, 0.25) is 0 Å². The van der Waals surface area contributed by atoms with Gasteiger partial charge in [-0.15, -0.1) is 0 Å². The molecule has 1 aromatic carbocycles. The van der Waals surface area contributed by atoms with Gasteiger partial charge < -0.3 is 15.2 Å². The number of hydrogen-bond donors (Lipinski definition) is 2. The molecule has 2 N–H and O–H groups in total. The summed E-state index contributed by atoms with van der Waals surface area (Å²) in [5.41, 5.74) is 0.895. The Morgan fingerprint density at radius 3 is 2.68 bits per heavy atom. The van der Waals surface area contributed by atoms with Crippen molar-refractivity contribution >= 4 is 17.3 Å². The zero-order valence-corrected chi connectivity index (χ0v) is 14.7. The van der Waals surface area contributed by atoms with Crippen LogP contribution in [0, 0.1) is 5.41 Å². The zero-order chi connectivity index (χ0) is 17.7. The van der Waals surface area contributed by atoms with E-state index >= 15 is 0 Å². The minimum absolute atomic E-state index is 0.0689. The minimum atomic E-state index is -0.333. The molecule has 1 aromatic heterocycles. The van der Waals surface area contributed by atoms with E-state index in [-0.39, 0.29) is 22.6 Å². The maximum atomic E-state index is 12.5. The van der Waals surface area contributed by atoms with Crippen molar-refractivity contribution in [2.24, 2.45) is 5.41 Å². The Labute approximate surface area is 151 Å². The number of nitrogens with one attached hydrogen (secondary N) is 1. The van der Waals surface area contributed by atoms with Crippen LogP contribution in [0.3, 0.4) is 0 Å². The minimum Gasteiger partial charge on any atom is -0.396 e. The van der Waals surface area contributed by atoms with Crippen molar-refractivity contribution < 1.29 is 9.84 Å². The van der Waals surface area contributed by atoms with Gasteiger partial charge in [-0.2, -0.15) is 5.10 Å². The van der Waals surface area contributed by atoms with Crippen molar-refractivity contribution in [1.29, 1.82) is 0 Å². The number of rotatable bonds is 6. The first-order valence-corrected chi connectivity index (χ1v) is 8.73. The van der Waals surface area contributed by atoms with Gasteiger partial charge in [0, 0.05) is 25.2 Å². The van der Waals surface area contributed by atoms with Crippen LogP contribution >= 0.6 is 11.6 Å². The third-order valence-corrected chi connectivity index (χ3v) is 5.07. The fraction of sp³-hybridized carbons (Fsp3) is 0.444. The number of benzene rings is 1. The second-order valence-electron chi connectivity index (χ2n) is 6.44. The van der Waals surface area contributed by atoms with Crippen LogP contribution in [-0.4, -0.2) is 41.3 Å². The molecule has 0 bridgehead atoms. The van der Waals surface area contributed by atoms with E-state index in [2.05, 4.69) is 10.4 Å². The Bertz CT molecular complexity index is 758. The molecule has 134 valence electrons. The molecule has 1 fully saturated rings. The zero-order valence-electron chi connectivity index (χ0n) is 13.9. The Morgan fingerprint density at radius 1 is 1.28 bits per heavy atom. The average Bonchev–Trinajstić information content (AvgIpc) is 2.66. The summed E-state index contributed by atoms with van der Waals surface area (Å²) in [6, 6.07) is 9.63. The number of aliphatic hydroxyl groups is 1. The molecule has 7 heteroatoms. The molecule has 6 nitrogen and oxygen atoms in total. The molecule has 0 unspecified atom stereocenters. The van der Waals surface area contributed by atoms with Gasteiger partial charge in [0.05, 0.1) is 25.0 Å². The predicted octanol–water partition coefficient (Wildman–Crippen LogP) is 2.15. The molecule has 2 heterocycles. The van der Waals surface area contributed by atoms with Crippen molar-refractivity contribution in [2.45, 2.75) is 19.4 Å². The van der Waals surface area contributed by atoms with E-state index in [0.29, 0.717) is 32.0 Å². The van der Waals surface area contributed by atoms with Crippen LogP contribution in [-0.2, 0) is 11.3 Å². The van der Waals surface area contributed by atoms with Gasteiger partial charge in [-0.1, -0.05) is 41.9 Å². The summed E-state index contributed by atoms with van der Waals surface area (Å²) in [6.07, 6.45) is 3.11. The first-order chi connectivity index (χ1) is 12.1. The van der Waals surface area contributed by atoms with E-state index in [0.717, 1.165) is 18.4 Å². The number of anilines is 1. The highest BCUT2D eigenvalue weighted by molar-refractivity contribution is 6.32.